The second kappa shape index (κ2) is 8.78. The summed E-state index contributed by atoms with van der Waals surface area (Å²) < 4.78 is 27.9. The maximum absolute atomic E-state index is 11.2. The second-order valence-corrected chi connectivity index (χ2v) is 8.78. The molecule has 23 heavy (non-hydrogen) atoms. The van der Waals surface area contributed by atoms with Gasteiger partial charge in [-0.05, 0) is 12.5 Å². The number of nitrogens with zero attached hydrogens (tertiary/aromatic N) is 1. The van der Waals surface area contributed by atoms with Gasteiger partial charge in [-0.3, -0.25) is 9.13 Å². The van der Waals surface area contributed by atoms with E-state index in [0.717, 1.165) is 25.7 Å². The fourth-order valence-corrected chi connectivity index (χ4v) is 3.96. The smallest absolute Gasteiger partial charge is 0.360 e. The van der Waals surface area contributed by atoms with E-state index in [4.69, 9.17) is 24.3 Å². The van der Waals surface area contributed by atoms with Crippen LogP contribution in [0.1, 0.15) is 32.6 Å². The molecular formula is C12H22N2O7P2. The molecule has 0 aromatic carbocycles. The molecule has 0 aliphatic heterocycles. The van der Waals surface area contributed by atoms with Gasteiger partial charge in [0.25, 0.3) is 0 Å². The molecule has 9 nitrogen and oxygen atoms in total. The molecule has 0 radical (unpaired) electrons. The first-order valence-electron chi connectivity index (χ1n) is 7.10. The van der Waals surface area contributed by atoms with Crippen LogP contribution in [0, 0.1) is 0 Å². The summed E-state index contributed by atoms with van der Waals surface area (Å²) in [7, 11) is -10.1. The summed E-state index contributed by atoms with van der Waals surface area (Å²) in [5, 5.41) is 2.09. The molecule has 1 aromatic rings. The Labute approximate surface area is 134 Å². The van der Waals surface area contributed by atoms with Crippen molar-refractivity contribution in [1.82, 2.24) is 4.98 Å². The number of ether oxygens (including phenoxy) is 1. The van der Waals surface area contributed by atoms with E-state index < -0.39 is 20.7 Å². The van der Waals surface area contributed by atoms with Gasteiger partial charge in [0.15, 0.2) is 0 Å². The van der Waals surface area contributed by atoms with E-state index in [-0.39, 0.29) is 5.82 Å². The minimum Gasteiger partial charge on any atom is -0.493 e. The molecule has 0 aliphatic carbocycles. The van der Waals surface area contributed by atoms with E-state index >= 15 is 0 Å². The van der Waals surface area contributed by atoms with Crippen molar-refractivity contribution in [2.45, 2.75) is 38.1 Å². The zero-order valence-corrected chi connectivity index (χ0v) is 14.5. The van der Waals surface area contributed by atoms with E-state index in [1.54, 1.807) is 6.07 Å². The van der Waals surface area contributed by atoms with Gasteiger partial charge in [0.05, 0.1) is 6.61 Å². The average molecular weight is 368 g/mol. The van der Waals surface area contributed by atoms with Crippen LogP contribution in [0.3, 0.4) is 0 Å². The molecule has 1 aromatic heterocycles. The molecule has 0 amide bonds. The largest absolute Gasteiger partial charge is 0.493 e. The van der Waals surface area contributed by atoms with Crippen molar-refractivity contribution in [2.24, 2.45) is 0 Å². The number of anilines is 1. The van der Waals surface area contributed by atoms with E-state index in [0.29, 0.717) is 12.4 Å². The minimum absolute atomic E-state index is 0.0901. The normalized spacial score (nSPS) is 12.4. The summed E-state index contributed by atoms with van der Waals surface area (Å²) in [5.74, 6) is 0.307. The molecule has 11 heteroatoms. The van der Waals surface area contributed by atoms with Gasteiger partial charge in [-0.1, -0.05) is 26.2 Å². The lowest BCUT2D eigenvalue weighted by Crippen LogP contribution is -2.20. The molecular weight excluding hydrogens is 346 g/mol. The van der Waals surface area contributed by atoms with Gasteiger partial charge < -0.3 is 29.6 Å². The van der Waals surface area contributed by atoms with Crippen LogP contribution in [0.15, 0.2) is 18.3 Å². The maximum atomic E-state index is 11.2. The molecule has 0 fully saturated rings. The Morgan fingerprint density at radius 2 is 1.83 bits per heavy atom. The SMILES string of the molecule is CCCCCCOc1ccnc(NC(P(=O)(O)O)P(=O)(O)O)c1. The van der Waals surface area contributed by atoms with Gasteiger partial charge >= 0.3 is 15.2 Å². The van der Waals surface area contributed by atoms with Crippen molar-refractivity contribution in [3.05, 3.63) is 18.3 Å². The Bertz CT molecular complexity index is 565. The van der Waals surface area contributed by atoms with Crippen molar-refractivity contribution in [3.8, 4) is 5.75 Å². The molecule has 0 aliphatic rings. The lowest BCUT2D eigenvalue weighted by molar-refractivity contribution is 0.305. The van der Waals surface area contributed by atoms with Crippen molar-refractivity contribution >= 4 is 21.0 Å². The predicted octanol–water partition coefficient (Wildman–Crippen LogP) is 2.09. The van der Waals surface area contributed by atoms with Crippen LogP contribution in [0.4, 0.5) is 5.82 Å². The number of hydrogen-bond donors (Lipinski definition) is 5. The van der Waals surface area contributed by atoms with Crippen LogP contribution < -0.4 is 10.1 Å². The lowest BCUT2D eigenvalue weighted by Gasteiger charge is -2.21. The van der Waals surface area contributed by atoms with Crippen molar-refractivity contribution in [1.29, 1.82) is 0 Å². The van der Waals surface area contributed by atoms with Crippen LogP contribution >= 0.6 is 15.2 Å². The lowest BCUT2D eigenvalue weighted by atomic mass is 10.2. The van der Waals surface area contributed by atoms with Gasteiger partial charge in [-0.25, -0.2) is 4.98 Å². The highest BCUT2D eigenvalue weighted by Gasteiger charge is 2.43. The second-order valence-electron chi connectivity index (χ2n) is 4.98. The molecule has 0 saturated carbocycles. The molecule has 132 valence electrons. The first-order chi connectivity index (χ1) is 10.6. The monoisotopic (exact) mass is 368 g/mol. The van der Waals surface area contributed by atoms with E-state index in [1.807, 2.05) is 0 Å². The number of nitrogens with one attached hydrogen (secondary N) is 1. The Kier molecular flexibility index (Phi) is 7.67. The molecule has 0 unspecified atom stereocenters. The van der Waals surface area contributed by atoms with Crippen LogP contribution in [0.2, 0.25) is 0 Å². The summed E-state index contributed by atoms with van der Waals surface area (Å²) in [6.07, 6.45) is 5.44. The summed E-state index contributed by atoms with van der Waals surface area (Å²) in [6.45, 7) is 2.57. The number of hydrogen-bond acceptors (Lipinski definition) is 5. The number of pyridine rings is 1. The molecule has 5 N–H and O–H groups in total. The van der Waals surface area contributed by atoms with E-state index in [2.05, 4.69) is 17.2 Å². The Morgan fingerprint density at radius 1 is 1.17 bits per heavy atom. The third kappa shape index (κ3) is 7.44. The quantitative estimate of drug-likeness (QED) is 0.309. The third-order valence-electron chi connectivity index (χ3n) is 2.91. The Hall–Kier alpha value is -0.950. The van der Waals surface area contributed by atoms with E-state index in [1.165, 1.54) is 12.3 Å². The van der Waals surface area contributed by atoms with E-state index in [9.17, 15) is 9.13 Å². The highest BCUT2D eigenvalue weighted by Crippen LogP contribution is 2.59. The average Bonchev–Trinajstić information content (AvgIpc) is 2.43. The topological polar surface area (TPSA) is 149 Å². The summed E-state index contributed by atoms with van der Waals surface area (Å²) >= 11 is 0. The van der Waals surface area contributed by atoms with Gasteiger partial charge in [-0.2, -0.15) is 0 Å². The number of rotatable bonds is 10. The fourth-order valence-electron chi connectivity index (χ4n) is 1.80. The van der Waals surface area contributed by atoms with Gasteiger partial charge in [0.2, 0.25) is 5.52 Å². The van der Waals surface area contributed by atoms with Crippen LogP contribution in [-0.2, 0) is 9.13 Å². The zero-order chi connectivity index (χ0) is 17.5. The molecule has 0 atom stereocenters. The van der Waals surface area contributed by atoms with Crippen molar-refractivity contribution < 1.29 is 33.4 Å². The fraction of sp³-hybridized carbons (Fsp3) is 0.583. The highest BCUT2D eigenvalue weighted by atomic mass is 31.2. The van der Waals surface area contributed by atoms with Gasteiger partial charge in [0.1, 0.15) is 11.6 Å². The standard InChI is InChI=1S/C12H22N2O7P2/c1-2-3-4-5-8-21-10-6-7-13-11(9-10)14-12(22(15,16)17)23(18,19)20/h6-7,9,12H,2-5,8H2,1H3,(H,13,14)(H2,15,16,17)(H2,18,19,20). The van der Waals surface area contributed by atoms with Crippen molar-refractivity contribution in [3.63, 3.8) is 0 Å². The maximum Gasteiger partial charge on any atom is 0.360 e. The number of aromatic nitrogens is 1. The Balaban J connectivity index is 2.72. The Morgan fingerprint density at radius 3 is 2.39 bits per heavy atom. The van der Waals surface area contributed by atoms with Crippen LogP contribution in [0.5, 0.6) is 5.75 Å². The van der Waals surface area contributed by atoms with Crippen molar-refractivity contribution in [2.75, 3.05) is 11.9 Å². The molecule has 1 heterocycles. The van der Waals surface area contributed by atoms with Crippen LogP contribution in [0.25, 0.3) is 0 Å². The van der Waals surface area contributed by atoms with Gasteiger partial charge in [-0.15, -0.1) is 0 Å². The molecule has 0 spiro atoms. The first kappa shape index (κ1) is 20.1. The van der Waals surface area contributed by atoms with Crippen LogP contribution in [-0.4, -0.2) is 36.7 Å². The third-order valence-corrected chi connectivity index (χ3v) is 6.25. The summed E-state index contributed by atoms with van der Waals surface area (Å²) in [5.41, 5.74) is -2.35. The predicted molar refractivity (Wildman–Crippen MR) is 85.4 cm³/mol. The zero-order valence-electron chi connectivity index (χ0n) is 12.7. The summed E-state index contributed by atoms with van der Waals surface area (Å²) in [4.78, 5) is 40.0. The number of unbranched alkanes of at least 4 members (excludes halogenated alkanes) is 3. The first-order valence-corrected chi connectivity index (χ1v) is 10.5. The molecule has 1 rings (SSSR count). The highest BCUT2D eigenvalue weighted by molar-refractivity contribution is 7.71. The summed E-state index contributed by atoms with van der Waals surface area (Å²) in [6, 6.07) is 2.88. The minimum atomic E-state index is -5.07. The molecule has 0 saturated heterocycles. The molecule has 0 bridgehead atoms. The van der Waals surface area contributed by atoms with Gasteiger partial charge in [0, 0.05) is 12.3 Å².